The fourth-order valence-corrected chi connectivity index (χ4v) is 5.57. The summed E-state index contributed by atoms with van der Waals surface area (Å²) >= 11 is 0. The first kappa shape index (κ1) is 26.6. The number of amides is 1. The maximum absolute atomic E-state index is 13.4. The molecule has 3 aromatic rings. The summed E-state index contributed by atoms with van der Waals surface area (Å²) in [6, 6.07) is 15.1. The molecule has 0 aliphatic carbocycles. The van der Waals surface area contributed by atoms with Crippen molar-refractivity contribution >= 4 is 17.4 Å². The second-order valence-corrected chi connectivity index (χ2v) is 11.4. The number of nitrogens with zero attached hydrogens (tertiary/aromatic N) is 2. The van der Waals surface area contributed by atoms with Crippen LogP contribution in [0.4, 0.5) is 5.69 Å². The highest BCUT2D eigenvalue weighted by atomic mass is 16.5. The van der Waals surface area contributed by atoms with Crippen LogP contribution in [0.2, 0.25) is 0 Å². The van der Waals surface area contributed by atoms with Gasteiger partial charge in [-0.2, -0.15) is 5.26 Å². The summed E-state index contributed by atoms with van der Waals surface area (Å²) in [5.41, 5.74) is 4.95. The van der Waals surface area contributed by atoms with Crippen LogP contribution in [0.5, 0.6) is 5.75 Å². The molecule has 3 unspecified atom stereocenters. The van der Waals surface area contributed by atoms with Crippen molar-refractivity contribution in [3.63, 3.8) is 0 Å². The minimum Gasteiger partial charge on any atom is -0.495 e. The molecule has 2 saturated heterocycles. The summed E-state index contributed by atoms with van der Waals surface area (Å²) in [6.07, 6.45) is 4.73. The number of carbonyl (C=O) groups excluding carboxylic acids is 2. The van der Waals surface area contributed by atoms with Crippen molar-refractivity contribution in [2.75, 3.05) is 12.4 Å². The number of nitriles is 1. The number of benzene rings is 2. The molecule has 3 atom stereocenters. The highest BCUT2D eigenvalue weighted by Gasteiger charge is 2.44. The van der Waals surface area contributed by atoms with Gasteiger partial charge in [0.25, 0.3) is 5.91 Å². The number of Topliss-reactive ketones (excluding diaryl/α,β-unsaturated/α-hetero) is 1. The van der Waals surface area contributed by atoms with Gasteiger partial charge in [0, 0.05) is 16.8 Å². The predicted octanol–water partition coefficient (Wildman–Crippen LogP) is 6.24. The van der Waals surface area contributed by atoms with Gasteiger partial charge in [-0.05, 0) is 60.9 Å². The van der Waals surface area contributed by atoms with Gasteiger partial charge in [0.15, 0.2) is 5.78 Å². The van der Waals surface area contributed by atoms with E-state index >= 15 is 0 Å². The molecule has 0 saturated carbocycles. The molecule has 2 aliphatic rings. The number of aromatic nitrogens is 1. The predicted molar refractivity (Wildman–Crippen MR) is 149 cm³/mol. The fraction of sp³-hybridized carbons (Fsp3) is 0.375. The standard InChI is InChI=1S/C32H33N3O4/c1-18-25(19-6-8-20(9-7-19)29(36)26-15-24-10-11-28(26)39-24)14-23(17-34-18)35-31(37)27-13-22(32(2,3)4)12-21(16-33)30(27)38-5/h6-9,12-14,17,24,26,28H,10-11,15H2,1-5H3,(H,35,37). The molecular weight excluding hydrogens is 490 g/mol. The van der Waals surface area contributed by atoms with Crippen LogP contribution in [0.1, 0.15) is 77.6 Å². The van der Waals surface area contributed by atoms with E-state index in [4.69, 9.17) is 9.47 Å². The number of fused-ring (bicyclic) bond motifs is 2. The lowest BCUT2D eigenvalue weighted by Crippen LogP contribution is -2.25. The Kier molecular flexibility index (Phi) is 7.00. The summed E-state index contributed by atoms with van der Waals surface area (Å²) in [6.45, 7) is 7.98. The number of carbonyl (C=O) groups is 2. The lowest BCUT2D eigenvalue weighted by molar-refractivity contribution is 0.0743. The highest BCUT2D eigenvalue weighted by molar-refractivity contribution is 6.07. The van der Waals surface area contributed by atoms with Crippen molar-refractivity contribution < 1.29 is 19.1 Å². The molecule has 0 radical (unpaired) electrons. The Balaban J connectivity index is 1.39. The normalized spacial score (nSPS) is 19.9. The zero-order chi connectivity index (χ0) is 27.9. The van der Waals surface area contributed by atoms with Crippen LogP contribution in [0, 0.1) is 24.2 Å². The zero-order valence-corrected chi connectivity index (χ0v) is 23.0. The van der Waals surface area contributed by atoms with E-state index < -0.39 is 0 Å². The number of aryl methyl sites for hydroxylation is 1. The first-order valence-electron chi connectivity index (χ1n) is 13.3. The van der Waals surface area contributed by atoms with E-state index in [9.17, 15) is 14.9 Å². The first-order chi connectivity index (χ1) is 18.6. The van der Waals surface area contributed by atoms with Gasteiger partial charge in [-0.25, -0.2) is 0 Å². The minimum absolute atomic E-state index is 0.0492. The van der Waals surface area contributed by atoms with Crippen molar-refractivity contribution in [2.24, 2.45) is 5.92 Å². The summed E-state index contributed by atoms with van der Waals surface area (Å²) < 4.78 is 11.3. The van der Waals surface area contributed by atoms with Crippen LogP contribution in [0.3, 0.4) is 0 Å². The average molecular weight is 524 g/mol. The number of methoxy groups -OCH3 is 1. The van der Waals surface area contributed by atoms with Gasteiger partial charge in [-0.3, -0.25) is 14.6 Å². The van der Waals surface area contributed by atoms with Crippen molar-refractivity contribution in [3.8, 4) is 22.9 Å². The molecule has 3 heterocycles. The second kappa shape index (κ2) is 10.3. The molecule has 200 valence electrons. The Morgan fingerprint density at radius 3 is 2.46 bits per heavy atom. The molecule has 2 aromatic carbocycles. The van der Waals surface area contributed by atoms with E-state index in [0.29, 0.717) is 16.8 Å². The number of pyridine rings is 1. The van der Waals surface area contributed by atoms with Crippen molar-refractivity contribution in [1.29, 1.82) is 5.26 Å². The average Bonchev–Trinajstić information content (AvgIpc) is 3.56. The summed E-state index contributed by atoms with van der Waals surface area (Å²) in [5.74, 6) is -0.0517. The molecule has 7 heteroatoms. The van der Waals surface area contributed by atoms with Crippen LogP contribution >= 0.6 is 0 Å². The van der Waals surface area contributed by atoms with Crippen molar-refractivity contribution in [2.45, 2.75) is 64.6 Å². The maximum Gasteiger partial charge on any atom is 0.259 e. The van der Waals surface area contributed by atoms with Gasteiger partial charge in [0.05, 0.1) is 48.2 Å². The Morgan fingerprint density at radius 1 is 1.13 bits per heavy atom. The smallest absolute Gasteiger partial charge is 0.259 e. The SMILES string of the molecule is COc1c(C#N)cc(C(C)(C)C)cc1C(=O)Nc1cnc(C)c(-c2ccc(C(=O)C3CC4CCC3O4)cc2)c1. The quantitative estimate of drug-likeness (QED) is 0.384. The summed E-state index contributed by atoms with van der Waals surface area (Å²) in [4.78, 5) is 31.0. The van der Waals surface area contributed by atoms with E-state index in [-0.39, 0.29) is 46.5 Å². The largest absolute Gasteiger partial charge is 0.495 e. The van der Waals surface area contributed by atoms with E-state index in [1.807, 2.05) is 58.0 Å². The van der Waals surface area contributed by atoms with Gasteiger partial charge in [-0.1, -0.05) is 45.0 Å². The number of ether oxygens (including phenoxy) is 2. The molecule has 1 N–H and O–H groups in total. The Morgan fingerprint density at radius 2 is 1.87 bits per heavy atom. The molecule has 1 amide bonds. The topological polar surface area (TPSA) is 101 Å². The number of nitrogens with one attached hydrogen (secondary N) is 1. The molecule has 1 aromatic heterocycles. The molecule has 0 spiro atoms. The van der Waals surface area contributed by atoms with Gasteiger partial charge in [-0.15, -0.1) is 0 Å². The van der Waals surface area contributed by atoms with Gasteiger partial charge in [0.2, 0.25) is 0 Å². The van der Waals surface area contributed by atoms with Crippen LogP contribution in [0.25, 0.3) is 11.1 Å². The summed E-state index contributed by atoms with van der Waals surface area (Å²) in [5, 5.41) is 12.6. The lowest BCUT2D eigenvalue weighted by Gasteiger charge is -2.22. The zero-order valence-electron chi connectivity index (χ0n) is 23.0. The van der Waals surface area contributed by atoms with E-state index in [1.165, 1.54) is 7.11 Å². The number of hydrogen-bond acceptors (Lipinski definition) is 6. The Hall–Kier alpha value is -4.02. The summed E-state index contributed by atoms with van der Waals surface area (Å²) in [7, 11) is 1.45. The van der Waals surface area contributed by atoms with Crippen LogP contribution < -0.4 is 10.1 Å². The molecular formula is C32H33N3O4. The number of hydrogen-bond donors (Lipinski definition) is 1. The molecule has 2 fully saturated rings. The van der Waals surface area contributed by atoms with E-state index in [0.717, 1.165) is 41.6 Å². The van der Waals surface area contributed by atoms with Gasteiger partial charge in [0.1, 0.15) is 11.8 Å². The van der Waals surface area contributed by atoms with Crippen LogP contribution in [-0.2, 0) is 10.2 Å². The number of rotatable bonds is 6. The Bertz CT molecular complexity index is 1480. The van der Waals surface area contributed by atoms with Gasteiger partial charge < -0.3 is 14.8 Å². The lowest BCUT2D eigenvalue weighted by atomic mass is 9.83. The first-order valence-corrected chi connectivity index (χ1v) is 13.3. The van der Waals surface area contributed by atoms with Crippen LogP contribution in [0.15, 0.2) is 48.7 Å². The number of ketones is 1. The van der Waals surface area contributed by atoms with E-state index in [2.05, 4.69) is 16.4 Å². The minimum atomic E-state index is -0.389. The third-order valence-electron chi connectivity index (χ3n) is 7.79. The monoisotopic (exact) mass is 523 g/mol. The molecule has 39 heavy (non-hydrogen) atoms. The number of anilines is 1. The molecule has 2 aliphatic heterocycles. The molecule has 2 bridgehead atoms. The third kappa shape index (κ3) is 5.17. The van der Waals surface area contributed by atoms with E-state index in [1.54, 1.807) is 18.3 Å². The fourth-order valence-electron chi connectivity index (χ4n) is 5.57. The molecule has 7 nitrogen and oxygen atoms in total. The van der Waals surface area contributed by atoms with Crippen molar-refractivity contribution in [3.05, 3.63) is 76.6 Å². The van der Waals surface area contributed by atoms with Gasteiger partial charge >= 0.3 is 0 Å². The third-order valence-corrected chi connectivity index (χ3v) is 7.79. The highest BCUT2D eigenvalue weighted by Crippen LogP contribution is 2.40. The van der Waals surface area contributed by atoms with Crippen molar-refractivity contribution in [1.82, 2.24) is 4.98 Å². The maximum atomic E-state index is 13.4. The Labute approximate surface area is 229 Å². The molecule has 5 rings (SSSR count). The second-order valence-electron chi connectivity index (χ2n) is 11.4. The van der Waals surface area contributed by atoms with Crippen LogP contribution in [-0.4, -0.2) is 36.0 Å².